The van der Waals surface area contributed by atoms with Crippen LogP contribution in [-0.4, -0.2) is 18.6 Å². The van der Waals surface area contributed by atoms with E-state index in [4.69, 9.17) is 4.74 Å². The molecular weight excluding hydrogens is 198 g/mol. The zero-order valence-corrected chi connectivity index (χ0v) is 9.26. The van der Waals surface area contributed by atoms with Crippen LogP contribution in [0.15, 0.2) is 16.8 Å². The number of nitrogens with one attached hydrogen (secondary N) is 1. The van der Waals surface area contributed by atoms with E-state index in [1.54, 1.807) is 11.3 Å². The lowest BCUT2D eigenvalue weighted by Gasteiger charge is -2.11. The molecule has 0 aliphatic carbocycles. The predicted molar refractivity (Wildman–Crippen MR) is 57.3 cm³/mol. The summed E-state index contributed by atoms with van der Waals surface area (Å²) >= 11 is 1.65. The van der Waals surface area contributed by atoms with Crippen molar-refractivity contribution in [3.05, 3.63) is 22.4 Å². The summed E-state index contributed by atoms with van der Waals surface area (Å²) in [5.41, 5.74) is 1.20. The minimum atomic E-state index is -0.241. The quantitative estimate of drug-likeness (QED) is 0.758. The van der Waals surface area contributed by atoms with E-state index in [0.717, 1.165) is 0 Å². The average Bonchev–Trinajstić information content (AvgIpc) is 2.67. The Morgan fingerprint density at radius 1 is 1.71 bits per heavy atom. The van der Waals surface area contributed by atoms with Crippen LogP contribution in [-0.2, 0) is 16.1 Å². The van der Waals surface area contributed by atoms with E-state index in [-0.39, 0.29) is 12.0 Å². The first-order chi connectivity index (χ1) is 6.74. The molecular formula is C10H15NO2S. The molecule has 1 N–H and O–H groups in total. The van der Waals surface area contributed by atoms with Crippen molar-refractivity contribution in [3.8, 4) is 0 Å². The van der Waals surface area contributed by atoms with Crippen molar-refractivity contribution in [3.63, 3.8) is 0 Å². The fraction of sp³-hybridized carbons (Fsp3) is 0.500. The van der Waals surface area contributed by atoms with E-state index >= 15 is 0 Å². The Labute approximate surface area is 88.1 Å². The molecule has 0 saturated carbocycles. The van der Waals surface area contributed by atoms with Gasteiger partial charge in [-0.1, -0.05) is 0 Å². The Morgan fingerprint density at radius 3 is 3.07 bits per heavy atom. The molecule has 0 saturated heterocycles. The Kier molecular flexibility index (Phi) is 4.62. The van der Waals surface area contributed by atoms with Gasteiger partial charge in [-0.3, -0.25) is 4.79 Å². The molecule has 1 atom stereocenters. The monoisotopic (exact) mass is 213 g/mol. The minimum absolute atomic E-state index is 0.192. The fourth-order valence-corrected chi connectivity index (χ4v) is 1.68. The van der Waals surface area contributed by atoms with Gasteiger partial charge in [0.05, 0.1) is 6.61 Å². The van der Waals surface area contributed by atoms with Crippen molar-refractivity contribution >= 4 is 17.3 Å². The van der Waals surface area contributed by atoms with Crippen molar-refractivity contribution in [1.29, 1.82) is 0 Å². The smallest absolute Gasteiger partial charge is 0.322 e. The van der Waals surface area contributed by atoms with Gasteiger partial charge in [0.25, 0.3) is 0 Å². The number of hydrogen-bond donors (Lipinski definition) is 1. The molecule has 0 radical (unpaired) electrons. The van der Waals surface area contributed by atoms with Crippen LogP contribution < -0.4 is 5.32 Å². The molecule has 0 aromatic carbocycles. The summed E-state index contributed by atoms with van der Waals surface area (Å²) in [4.78, 5) is 11.2. The van der Waals surface area contributed by atoms with Gasteiger partial charge >= 0.3 is 5.97 Å². The Morgan fingerprint density at radius 2 is 2.50 bits per heavy atom. The first-order valence-corrected chi connectivity index (χ1v) is 5.59. The van der Waals surface area contributed by atoms with Crippen LogP contribution in [0.4, 0.5) is 0 Å². The maximum absolute atomic E-state index is 11.2. The van der Waals surface area contributed by atoms with Gasteiger partial charge in [0.15, 0.2) is 0 Å². The van der Waals surface area contributed by atoms with Crippen LogP contribution in [0, 0.1) is 0 Å². The molecule has 1 rings (SSSR count). The number of rotatable bonds is 5. The van der Waals surface area contributed by atoms with Gasteiger partial charge in [0.2, 0.25) is 0 Å². The average molecular weight is 213 g/mol. The molecule has 1 unspecified atom stereocenters. The van der Waals surface area contributed by atoms with Gasteiger partial charge in [-0.2, -0.15) is 11.3 Å². The summed E-state index contributed by atoms with van der Waals surface area (Å²) < 4.78 is 4.87. The molecule has 0 bridgehead atoms. The van der Waals surface area contributed by atoms with E-state index in [1.165, 1.54) is 5.56 Å². The van der Waals surface area contributed by atoms with Crippen molar-refractivity contribution in [2.45, 2.75) is 26.4 Å². The van der Waals surface area contributed by atoms with E-state index in [0.29, 0.717) is 13.2 Å². The lowest BCUT2D eigenvalue weighted by atomic mass is 10.3. The second-order valence-electron chi connectivity index (χ2n) is 2.99. The van der Waals surface area contributed by atoms with Crippen molar-refractivity contribution in [2.24, 2.45) is 0 Å². The minimum Gasteiger partial charge on any atom is -0.465 e. The van der Waals surface area contributed by atoms with Crippen molar-refractivity contribution in [2.75, 3.05) is 6.61 Å². The Hall–Kier alpha value is -0.870. The molecule has 14 heavy (non-hydrogen) atoms. The summed E-state index contributed by atoms with van der Waals surface area (Å²) in [6.07, 6.45) is 0. The third kappa shape index (κ3) is 3.47. The standard InChI is InChI=1S/C10H15NO2S/c1-3-13-10(12)8(2)11-6-9-4-5-14-7-9/h4-5,7-8,11H,3,6H2,1-2H3. The maximum atomic E-state index is 11.2. The lowest BCUT2D eigenvalue weighted by molar-refractivity contribution is -0.145. The highest BCUT2D eigenvalue weighted by Crippen LogP contribution is 2.05. The van der Waals surface area contributed by atoms with E-state index < -0.39 is 0 Å². The summed E-state index contributed by atoms with van der Waals surface area (Å²) in [6, 6.07) is 1.80. The normalized spacial score (nSPS) is 12.4. The summed E-state index contributed by atoms with van der Waals surface area (Å²) in [6.45, 7) is 4.76. The summed E-state index contributed by atoms with van der Waals surface area (Å²) in [5, 5.41) is 7.18. The molecule has 0 amide bonds. The van der Waals surface area contributed by atoms with E-state index in [2.05, 4.69) is 10.7 Å². The molecule has 1 heterocycles. The second-order valence-corrected chi connectivity index (χ2v) is 3.77. The van der Waals surface area contributed by atoms with Crippen LogP contribution in [0.2, 0.25) is 0 Å². The number of thiophene rings is 1. The maximum Gasteiger partial charge on any atom is 0.322 e. The van der Waals surface area contributed by atoms with Crippen LogP contribution in [0.1, 0.15) is 19.4 Å². The number of esters is 1. The molecule has 1 aromatic rings. The molecule has 78 valence electrons. The van der Waals surface area contributed by atoms with Crippen LogP contribution in [0.3, 0.4) is 0 Å². The predicted octanol–water partition coefficient (Wildman–Crippen LogP) is 1.79. The van der Waals surface area contributed by atoms with Crippen LogP contribution in [0.25, 0.3) is 0 Å². The molecule has 4 heteroatoms. The molecule has 0 aliphatic rings. The topological polar surface area (TPSA) is 38.3 Å². The van der Waals surface area contributed by atoms with Gasteiger partial charge in [-0.05, 0) is 36.2 Å². The van der Waals surface area contributed by atoms with Gasteiger partial charge < -0.3 is 10.1 Å². The summed E-state index contributed by atoms with van der Waals surface area (Å²) in [7, 11) is 0. The van der Waals surface area contributed by atoms with Gasteiger partial charge in [-0.25, -0.2) is 0 Å². The third-order valence-electron chi connectivity index (χ3n) is 1.83. The van der Waals surface area contributed by atoms with Crippen LogP contribution in [0.5, 0.6) is 0 Å². The van der Waals surface area contributed by atoms with E-state index in [9.17, 15) is 4.79 Å². The zero-order valence-electron chi connectivity index (χ0n) is 8.45. The molecule has 0 aliphatic heterocycles. The largest absolute Gasteiger partial charge is 0.465 e. The Balaban J connectivity index is 2.27. The fourth-order valence-electron chi connectivity index (χ4n) is 1.01. The first-order valence-electron chi connectivity index (χ1n) is 4.65. The van der Waals surface area contributed by atoms with Crippen LogP contribution >= 0.6 is 11.3 Å². The number of carbonyl (C=O) groups is 1. The number of carbonyl (C=O) groups excluding carboxylic acids is 1. The second kappa shape index (κ2) is 5.78. The molecule has 1 aromatic heterocycles. The highest BCUT2D eigenvalue weighted by molar-refractivity contribution is 7.07. The van der Waals surface area contributed by atoms with Gasteiger partial charge in [-0.15, -0.1) is 0 Å². The molecule has 0 fully saturated rings. The van der Waals surface area contributed by atoms with Crippen molar-refractivity contribution in [1.82, 2.24) is 5.32 Å². The summed E-state index contributed by atoms with van der Waals surface area (Å²) in [5.74, 6) is -0.192. The number of ether oxygens (including phenoxy) is 1. The first kappa shape index (κ1) is 11.2. The van der Waals surface area contributed by atoms with Gasteiger partial charge in [0, 0.05) is 6.54 Å². The highest BCUT2D eigenvalue weighted by atomic mass is 32.1. The van der Waals surface area contributed by atoms with Gasteiger partial charge in [0.1, 0.15) is 6.04 Å². The third-order valence-corrected chi connectivity index (χ3v) is 2.56. The number of hydrogen-bond acceptors (Lipinski definition) is 4. The Bertz CT molecular complexity index is 272. The SMILES string of the molecule is CCOC(=O)C(C)NCc1ccsc1. The molecule has 0 spiro atoms. The highest BCUT2D eigenvalue weighted by Gasteiger charge is 2.12. The zero-order chi connectivity index (χ0) is 10.4. The van der Waals surface area contributed by atoms with E-state index in [1.807, 2.05) is 25.3 Å². The molecule has 3 nitrogen and oxygen atoms in total. The van der Waals surface area contributed by atoms with Crippen molar-refractivity contribution < 1.29 is 9.53 Å². The lowest BCUT2D eigenvalue weighted by Crippen LogP contribution is -2.34.